The van der Waals surface area contributed by atoms with Crippen molar-refractivity contribution in [2.45, 2.75) is 31.6 Å². The van der Waals surface area contributed by atoms with Gasteiger partial charge in [0.1, 0.15) is 0 Å². The van der Waals surface area contributed by atoms with Crippen molar-refractivity contribution in [1.82, 2.24) is 0 Å². The van der Waals surface area contributed by atoms with Gasteiger partial charge in [-0.05, 0) is 36.1 Å². The predicted octanol–water partition coefficient (Wildman–Crippen LogP) is 2.75. The van der Waals surface area contributed by atoms with Crippen LogP contribution in [-0.2, 0) is 14.6 Å². The van der Waals surface area contributed by atoms with Gasteiger partial charge in [-0.25, -0.2) is 13.2 Å². The number of benzene rings is 1. The molecule has 0 aromatic heterocycles. The smallest absolute Gasteiger partial charge is 0.328 e. The molecule has 0 bridgehead atoms. The number of allylic oxidation sites excluding steroid dienone is 1. The second-order valence-corrected chi connectivity index (χ2v) is 6.32. The summed E-state index contributed by atoms with van der Waals surface area (Å²) in [5.74, 6) is -0.931. The van der Waals surface area contributed by atoms with Crippen LogP contribution in [0.5, 0.6) is 0 Å². The van der Waals surface area contributed by atoms with Crippen molar-refractivity contribution in [2.24, 2.45) is 0 Å². The van der Waals surface area contributed by atoms with E-state index in [-0.39, 0.29) is 10.6 Å². The standard InChI is InChI=1S/C14H18O4S/c1-3-8-19(17,18)13-7-5-6-12(9-13)11(4-2)10-14(15)16/h5-7,9-10H,3-4,8H2,1-2H3,(H,15,16)/b11-10+. The molecule has 19 heavy (non-hydrogen) atoms. The van der Waals surface area contributed by atoms with Gasteiger partial charge in [0.15, 0.2) is 9.84 Å². The van der Waals surface area contributed by atoms with Crippen molar-refractivity contribution in [2.75, 3.05) is 5.75 Å². The van der Waals surface area contributed by atoms with E-state index in [1.807, 2.05) is 13.8 Å². The molecule has 0 heterocycles. The van der Waals surface area contributed by atoms with Crippen molar-refractivity contribution < 1.29 is 18.3 Å². The third kappa shape index (κ3) is 4.21. The van der Waals surface area contributed by atoms with Crippen LogP contribution in [0, 0.1) is 0 Å². The Kier molecular flexibility index (Phi) is 5.30. The number of carboxylic acid groups (broad SMARTS) is 1. The molecule has 0 saturated heterocycles. The summed E-state index contributed by atoms with van der Waals surface area (Å²) in [5.41, 5.74) is 1.25. The van der Waals surface area contributed by atoms with Crippen LogP contribution in [0.25, 0.3) is 5.57 Å². The molecule has 0 aliphatic rings. The van der Waals surface area contributed by atoms with Gasteiger partial charge in [-0.2, -0.15) is 0 Å². The van der Waals surface area contributed by atoms with Gasteiger partial charge in [-0.15, -0.1) is 0 Å². The Balaban J connectivity index is 3.24. The fourth-order valence-corrected chi connectivity index (χ4v) is 3.18. The van der Waals surface area contributed by atoms with E-state index in [0.717, 1.165) is 6.08 Å². The van der Waals surface area contributed by atoms with Crippen molar-refractivity contribution in [3.05, 3.63) is 35.9 Å². The zero-order chi connectivity index (χ0) is 14.5. The summed E-state index contributed by atoms with van der Waals surface area (Å²) < 4.78 is 24.0. The molecule has 0 amide bonds. The van der Waals surface area contributed by atoms with E-state index < -0.39 is 15.8 Å². The number of hydrogen-bond donors (Lipinski definition) is 1. The molecular weight excluding hydrogens is 264 g/mol. The second-order valence-electron chi connectivity index (χ2n) is 4.21. The molecule has 1 aromatic rings. The van der Waals surface area contributed by atoms with Gasteiger partial charge in [0, 0.05) is 6.08 Å². The summed E-state index contributed by atoms with van der Waals surface area (Å²) in [7, 11) is -3.28. The minimum absolute atomic E-state index is 0.0978. The van der Waals surface area contributed by atoms with E-state index in [2.05, 4.69) is 0 Å². The summed E-state index contributed by atoms with van der Waals surface area (Å²) >= 11 is 0. The van der Waals surface area contributed by atoms with Crippen LogP contribution in [0.3, 0.4) is 0 Å². The number of aliphatic carboxylic acids is 1. The number of carbonyl (C=O) groups is 1. The summed E-state index contributed by atoms with van der Waals surface area (Å²) in [4.78, 5) is 11.0. The predicted molar refractivity (Wildman–Crippen MR) is 74.7 cm³/mol. The van der Waals surface area contributed by atoms with Crippen molar-refractivity contribution in [3.63, 3.8) is 0 Å². The van der Waals surface area contributed by atoms with E-state index in [9.17, 15) is 13.2 Å². The largest absolute Gasteiger partial charge is 0.478 e. The molecule has 0 radical (unpaired) electrons. The van der Waals surface area contributed by atoms with Gasteiger partial charge in [0.05, 0.1) is 10.6 Å². The molecule has 0 fully saturated rings. The number of hydrogen-bond acceptors (Lipinski definition) is 3. The topological polar surface area (TPSA) is 71.4 Å². The first-order chi connectivity index (χ1) is 8.90. The second kappa shape index (κ2) is 6.52. The van der Waals surface area contributed by atoms with E-state index in [0.29, 0.717) is 24.0 Å². The number of carboxylic acids is 1. The molecule has 0 atom stereocenters. The fraction of sp³-hybridized carbons (Fsp3) is 0.357. The van der Waals surface area contributed by atoms with Crippen LogP contribution < -0.4 is 0 Å². The zero-order valence-corrected chi connectivity index (χ0v) is 11.9. The highest BCUT2D eigenvalue weighted by Gasteiger charge is 2.14. The lowest BCUT2D eigenvalue weighted by atomic mass is 10.0. The van der Waals surface area contributed by atoms with Gasteiger partial charge >= 0.3 is 5.97 Å². The van der Waals surface area contributed by atoms with E-state index in [1.165, 1.54) is 0 Å². The van der Waals surface area contributed by atoms with Gasteiger partial charge in [-0.3, -0.25) is 0 Å². The van der Waals surface area contributed by atoms with Crippen molar-refractivity contribution >= 4 is 21.4 Å². The highest BCUT2D eigenvalue weighted by molar-refractivity contribution is 7.91. The van der Waals surface area contributed by atoms with Crippen LogP contribution in [0.2, 0.25) is 0 Å². The monoisotopic (exact) mass is 282 g/mol. The van der Waals surface area contributed by atoms with Crippen LogP contribution in [0.1, 0.15) is 32.3 Å². The van der Waals surface area contributed by atoms with Gasteiger partial charge in [-0.1, -0.05) is 26.0 Å². The Morgan fingerprint density at radius 1 is 1.32 bits per heavy atom. The Morgan fingerprint density at radius 3 is 2.53 bits per heavy atom. The highest BCUT2D eigenvalue weighted by atomic mass is 32.2. The van der Waals surface area contributed by atoms with E-state index >= 15 is 0 Å². The average Bonchev–Trinajstić information content (AvgIpc) is 2.36. The molecule has 0 unspecified atom stereocenters. The molecule has 1 aromatic carbocycles. The first kappa shape index (κ1) is 15.4. The third-order valence-electron chi connectivity index (χ3n) is 2.72. The minimum Gasteiger partial charge on any atom is -0.478 e. The molecule has 0 spiro atoms. The quantitative estimate of drug-likeness (QED) is 0.814. The Labute approximate surface area is 113 Å². The maximum absolute atomic E-state index is 12.0. The van der Waals surface area contributed by atoms with Gasteiger partial charge < -0.3 is 5.11 Å². The Bertz CT molecular complexity index is 585. The van der Waals surface area contributed by atoms with Gasteiger partial charge in [0.2, 0.25) is 0 Å². The Morgan fingerprint density at radius 2 is 2.00 bits per heavy atom. The lowest BCUT2D eigenvalue weighted by molar-refractivity contribution is -0.131. The molecule has 1 N–H and O–H groups in total. The lowest BCUT2D eigenvalue weighted by Crippen LogP contribution is -2.06. The molecule has 0 saturated carbocycles. The van der Waals surface area contributed by atoms with Crippen LogP contribution in [0.15, 0.2) is 35.2 Å². The van der Waals surface area contributed by atoms with Gasteiger partial charge in [0.25, 0.3) is 0 Å². The third-order valence-corrected chi connectivity index (χ3v) is 4.63. The van der Waals surface area contributed by atoms with Crippen LogP contribution in [0.4, 0.5) is 0 Å². The maximum atomic E-state index is 12.0. The Hall–Kier alpha value is -1.62. The zero-order valence-electron chi connectivity index (χ0n) is 11.1. The van der Waals surface area contributed by atoms with Crippen LogP contribution >= 0.6 is 0 Å². The minimum atomic E-state index is -3.28. The number of rotatable bonds is 6. The molecule has 0 aliphatic carbocycles. The normalized spacial score (nSPS) is 12.4. The molecular formula is C14H18O4S. The summed E-state index contributed by atoms with van der Waals surface area (Å²) in [6.45, 7) is 3.64. The molecule has 4 nitrogen and oxygen atoms in total. The fourth-order valence-electron chi connectivity index (χ4n) is 1.81. The lowest BCUT2D eigenvalue weighted by Gasteiger charge is -2.08. The van der Waals surface area contributed by atoms with Crippen molar-refractivity contribution in [1.29, 1.82) is 0 Å². The maximum Gasteiger partial charge on any atom is 0.328 e. The first-order valence-electron chi connectivity index (χ1n) is 6.17. The first-order valence-corrected chi connectivity index (χ1v) is 7.82. The highest BCUT2D eigenvalue weighted by Crippen LogP contribution is 2.22. The number of sulfone groups is 1. The summed E-state index contributed by atoms with van der Waals surface area (Å²) in [6.07, 6.45) is 2.20. The SMILES string of the molecule is CCCS(=O)(=O)c1cccc(/C(=C/C(=O)O)CC)c1. The summed E-state index contributed by atoms with van der Waals surface area (Å²) in [6, 6.07) is 6.46. The van der Waals surface area contributed by atoms with E-state index in [4.69, 9.17) is 5.11 Å². The molecule has 5 heteroatoms. The molecule has 0 aliphatic heterocycles. The molecule has 104 valence electrons. The summed E-state index contributed by atoms with van der Waals surface area (Å²) in [5, 5.41) is 8.80. The van der Waals surface area contributed by atoms with Crippen molar-refractivity contribution in [3.8, 4) is 0 Å². The average molecular weight is 282 g/mol. The van der Waals surface area contributed by atoms with E-state index in [1.54, 1.807) is 24.3 Å². The van der Waals surface area contributed by atoms with Crippen LogP contribution in [-0.4, -0.2) is 25.2 Å². The molecule has 1 rings (SSSR count).